The summed E-state index contributed by atoms with van der Waals surface area (Å²) in [5.41, 5.74) is 0. The zero-order valence-corrected chi connectivity index (χ0v) is 9.34. The Morgan fingerprint density at radius 1 is 1.31 bits per heavy atom. The van der Waals surface area contributed by atoms with E-state index in [1.54, 1.807) is 0 Å². The van der Waals surface area contributed by atoms with Crippen LogP contribution in [0.4, 0.5) is 0 Å². The lowest BCUT2D eigenvalue weighted by molar-refractivity contribution is 0.203. The van der Waals surface area contributed by atoms with Gasteiger partial charge in [0.2, 0.25) is 0 Å². The van der Waals surface area contributed by atoms with Gasteiger partial charge in [0.1, 0.15) is 0 Å². The van der Waals surface area contributed by atoms with E-state index in [-0.39, 0.29) is 0 Å². The molecule has 1 rings (SSSR count). The quantitative estimate of drug-likeness (QED) is 0.715. The van der Waals surface area contributed by atoms with Crippen LogP contribution in [0.25, 0.3) is 0 Å². The minimum Gasteiger partial charge on any atom is -0.312 e. The molecule has 2 nitrogen and oxygen atoms in total. The van der Waals surface area contributed by atoms with E-state index in [2.05, 4.69) is 31.0 Å². The van der Waals surface area contributed by atoms with Gasteiger partial charge < -0.3 is 10.2 Å². The van der Waals surface area contributed by atoms with E-state index >= 15 is 0 Å². The first-order valence-corrected chi connectivity index (χ1v) is 5.73. The van der Waals surface area contributed by atoms with Crippen molar-refractivity contribution in [2.24, 2.45) is 5.92 Å². The zero-order valence-electron chi connectivity index (χ0n) is 9.34. The average molecular weight is 184 g/mol. The summed E-state index contributed by atoms with van der Waals surface area (Å²) in [4.78, 5) is 2.51. The molecule has 0 amide bonds. The molecular formula is C11H24N2. The van der Waals surface area contributed by atoms with Gasteiger partial charge in [-0.15, -0.1) is 0 Å². The third-order valence-corrected chi connectivity index (χ3v) is 3.28. The van der Waals surface area contributed by atoms with Crippen molar-refractivity contribution in [1.82, 2.24) is 10.2 Å². The smallest absolute Gasteiger partial charge is 0.0220 e. The van der Waals surface area contributed by atoms with Crippen molar-refractivity contribution < 1.29 is 0 Å². The van der Waals surface area contributed by atoms with Crippen LogP contribution < -0.4 is 5.32 Å². The number of nitrogens with zero attached hydrogens (tertiary/aromatic N) is 1. The molecule has 1 N–H and O–H groups in total. The minimum atomic E-state index is 0.730. The molecule has 0 saturated carbocycles. The van der Waals surface area contributed by atoms with Crippen molar-refractivity contribution in [1.29, 1.82) is 0 Å². The van der Waals surface area contributed by atoms with Crippen LogP contribution in [0, 0.1) is 5.92 Å². The number of nitrogens with one attached hydrogen (secondary N) is 1. The molecule has 0 aromatic rings. The first kappa shape index (κ1) is 11.0. The van der Waals surface area contributed by atoms with Gasteiger partial charge in [-0.05, 0) is 38.4 Å². The van der Waals surface area contributed by atoms with Crippen molar-refractivity contribution >= 4 is 0 Å². The van der Waals surface area contributed by atoms with Gasteiger partial charge in [0, 0.05) is 12.6 Å². The van der Waals surface area contributed by atoms with Gasteiger partial charge in [0.15, 0.2) is 0 Å². The van der Waals surface area contributed by atoms with Crippen LogP contribution in [0.1, 0.15) is 33.6 Å². The molecule has 0 aromatic carbocycles. The molecule has 2 atom stereocenters. The second-order valence-corrected chi connectivity index (χ2v) is 4.17. The average Bonchev–Trinajstić information content (AvgIpc) is 2.17. The predicted molar refractivity (Wildman–Crippen MR) is 58.0 cm³/mol. The molecule has 1 heterocycles. The molecule has 0 aromatic heterocycles. The van der Waals surface area contributed by atoms with Gasteiger partial charge in [-0.1, -0.05) is 20.8 Å². The van der Waals surface area contributed by atoms with E-state index < -0.39 is 0 Å². The van der Waals surface area contributed by atoms with E-state index in [0.29, 0.717) is 0 Å². The van der Waals surface area contributed by atoms with Gasteiger partial charge in [0.05, 0.1) is 0 Å². The van der Waals surface area contributed by atoms with Crippen LogP contribution in [0.3, 0.4) is 0 Å². The van der Waals surface area contributed by atoms with E-state index in [4.69, 9.17) is 0 Å². The van der Waals surface area contributed by atoms with Gasteiger partial charge in [-0.3, -0.25) is 0 Å². The SMILES string of the molecule is CCN(CC)CC1NCCCC1C. The molecule has 2 heteroatoms. The lowest BCUT2D eigenvalue weighted by atomic mass is 9.92. The molecular weight excluding hydrogens is 160 g/mol. The molecule has 0 spiro atoms. The predicted octanol–water partition coefficient (Wildman–Crippen LogP) is 1.72. The van der Waals surface area contributed by atoms with E-state index in [1.165, 1.54) is 39.0 Å². The number of piperidine rings is 1. The summed E-state index contributed by atoms with van der Waals surface area (Å²) < 4.78 is 0. The highest BCUT2D eigenvalue weighted by atomic mass is 15.1. The third kappa shape index (κ3) is 3.28. The molecule has 0 bridgehead atoms. The summed E-state index contributed by atoms with van der Waals surface area (Å²) >= 11 is 0. The van der Waals surface area contributed by atoms with Gasteiger partial charge in [0.25, 0.3) is 0 Å². The molecule has 13 heavy (non-hydrogen) atoms. The molecule has 78 valence electrons. The van der Waals surface area contributed by atoms with Crippen LogP contribution in [-0.2, 0) is 0 Å². The Labute approximate surface area is 82.7 Å². The van der Waals surface area contributed by atoms with Gasteiger partial charge in [-0.2, -0.15) is 0 Å². The van der Waals surface area contributed by atoms with Gasteiger partial charge >= 0.3 is 0 Å². The standard InChI is InChI=1S/C11H24N2/c1-4-13(5-2)9-11-10(3)7-6-8-12-11/h10-12H,4-9H2,1-3H3. The van der Waals surface area contributed by atoms with Crippen molar-refractivity contribution in [2.45, 2.75) is 39.7 Å². The Hall–Kier alpha value is -0.0800. The largest absolute Gasteiger partial charge is 0.312 e. The lowest BCUT2D eigenvalue weighted by Crippen LogP contribution is -2.47. The van der Waals surface area contributed by atoms with Crippen LogP contribution in [0.5, 0.6) is 0 Å². The molecule has 2 unspecified atom stereocenters. The Balaban J connectivity index is 2.32. The topological polar surface area (TPSA) is 15.3 Å². The second kappa shape index (κ2) is 5.61. The molecule has 1 aliphatic rings. The Bertz CT molecular complexity index is 132. The fourth-order valence-electron chi connectivity index (χ4n) is 2.12. The van der Waals surface area contributed by atoms with Crippen LogP contribution in [0.15, 0.2) is 0 Å². The second-order valence-electron chi connectivity index (χ2n) is 4.17. The van der Waals surface area contributed by atoms with Crippen molar-refractivity contribution in [3.63, 3.8) is 0 Å². The summed E-state index contributed by atoms with van der Waals surface area (Å²) in [7, 11) is 0. The summed E-state index contributed by atoms with van der Waals surface area (Å²) in [6, 6.07) is 0.730. The summed E-state index contributed by atoms with van der Waals surface area (Å²) in [6.45, 7) is 11.7. The summed E-state index contributed by atoms with van der Waals surface area (Å²) in [6.07, 6.45) is 2.76. The highest BCUT2D eigenvalue weighted by Crippen LogP contribution is 2.16. The van der Waals surface area contributed by atoms with E-state index in [1.807, 2.05) is 0 Å². The van der Waals surface area contributed by atoms with Crippen molar-refractivity contribution in [3.8, 4) is 0 Å². The Kier molecular flexibility index (Phi) is 4.74. The molecule has 0 radical (unpaired) electrons. The van der Waals surface area contributed by atoms with Crippen molar-refractivity contribution in [2.75, 3.05) is 26.2 Å². The zero-order chi connectivity index (χ0) is 9.68. The Morgan fingerprint density at radius 3 is 2.54 bits per heavy atom. The number of rotatable bonds is 4. The van der Waals surface area contributed by atoms with Crippen LogP contribution >= 0.6 is 0 Å². The van der Waals surface area contributed by atoms with Gasteiger partial charge in [-0.25, -0.2) is 0 Å². The van der Waals surface area contributed by atoms with Crippen LogP contribution in [0.2, 0.25) is 0 Å². The summed E-state index contributed by atoms with van der Waals surface area (Å²) in [5.74, 6) is 0.856. The number of hydrogen-bond donors (Lipinski definition) is 1. The highest BCUT2D eigenvalue weighted by molar-refractivity contribution is 4.80. The number of hydrogen-bond acceptors (Lipinski definition) is 2. The Morgan fingerprint density at radius 2 is 2.00 bits per heavy atom. The normalized spacial score (nSPS) is 29.5. The van der Waals surface area contributed by atoms with Crippen LogP contribution in [-0.4, -0.2) is 37.1 Å². The van der Waals surface area contributed by atoms with E-state index in [9.17, 15) is 0 Å². The first-order valence-electron chi connectivity index (χ1n) is 5.73. The third-order valence-electron chi connectivity index (χ3n) is 3.28. The maximum Gasteiger partial charge on any atom is 0.0220 e. The van der Waals surface area contributed by atoms with E-state index in [0.717, 1.165) is 12.0 Å². The first-order chi connectivity index (χ1) is 6.27. The molecule has 1 saturated heterocycles. The molecule has 1 fully saturated rings. The molecule has 1 aliphatic heterocycles. The summed E-state index contributed by atoms with van der Waals surface area (Å²) in [5, 5.41) is 3.63. The monoisotopic (exact) mass is 184 g/mol. The molecule has 0 aliphatic carbocycles. The fraction of sp³-hybridized carbons (Fsp3) is 1.00. The van der Waals surface area contributed by atoms with Crippen molar-refractivity contribution in [3.05, 3.63) is 0 Å². The highest BCUT2D eigenvalue weighted by Gasteiger charge is 2.21. The fourth-order valence-corrected chi connectivity index (χ4v) is 2.12. The maximum atomic E-state index is 3.63. The maximum absolute atomic E-state index is 3.63. The minimum absolute atomic E-state index is 0.730. The lowest BCUT2D eigenvalue weighted by Gasteiger charge is -2.33. The number of likely N-dealkylation sites (N-methyl/N-ethyl adjacent to an activating group) is 1.